The molecule has 3 heterocycles. The lowest BCUT2D eigenvalue weighted by atomic mass is 9.92. The number of nitrogens with one attached hydrogen (secondary N) is 3. The summed E-state index contributed by atoms with van der Waals surface area (Å²) in [5.41, 5.74) is 7.22. The van der Waals surface area contributed by atoms with Crippen LogP contribution in [-0.2, 0) is 18.3 Å². The van der Waals surface area contributed by atoms with Crippen molar-refractivity contribution in [3.63, 3.8) is 0 Å². The summed E-state index contributed by atoms with van der Waals surface area (Å²) < 4.78 is 0. The summed E-state index contributed by atoms with van der Waals surface area (Å²) >= 11 is 1.39. The number of urea groups is 1. The molecule has 0 unspecified atom stereocenters. The maximum atomic E-state index is 12.2. The van der Waals surface area contributed by atoms with Crippen LogP contribution >= 0.6 is 11.3 Å². The highest BCUT2D eigenvalue weighted by molar-refractivity contribution is 7.15. The van der Waals surface area contributed by atoms with Gasteiger partial charge < -0.3 is 5.73 Å². The van der Waals surface area contributed by atoms with Gasteiger partial charge in [0, 0.05) is 28.8 Å². The fourth-order valence-corrected chi connectivity index (χ4v) is 3.34. The smallest absolute Gasteiger partial charge is 0.326 e. The Hall–Kier alpha value is -3.27. The van der Waals surface area contributed by atoms with Gasteiger partial charge in [-0.05, 0) is 30.5 Å². The van der Waals surface area contributed by atoms with Crippen molar-refractivity contribution < 1.29 is 9.59 Å². The summed E-state index contributed by atoms with van der Waals surface area (Å²) in [6.07, 6.45) is 4.73. The first kappa shape index (κ1) is 20.5. The van der Waals surface area contributed by atoms with E-state index in [2.05, 4.69) is 30.8 Å². The van der Waals surface area contributed by atoms with Crippen molar-refractivity contribution in [1.29, 1.82) is 0 Å². The highest BCUT2D eigenvalue weighted by Gasteiger charge is 2.18. The summed E-state index contributed by atoms with van der Waals surface area (Å²) in [5, 5.41) is 13.0. The van der Waals surface area contributed by atoms with Gasteiger partial charge in [-0.3, -0.25) is 25.5 Å². The number of primary amides is 1. The lowest BCUT2D eigenvalue weighted by molar-refractivity contribution is 0.0995. The molecule has 0 saturated carbocycles. The monoisotopic (exact) mass is 413 g/mol. The maximum absolute atomic E-state index is 12.2. The van der Waals surface area contributed by atoms with Crippen molar-refractivity contribution in [2.75, 3.05) is 10.6 Å². The molecule has 29 heavy (non-hydrogen) atoms. The number of hydrogen-bond acceptors (Lipinski definition) is 6. The van der Waals surface area contributed by atoms with Gasteiger partial charge in [0.1, 0.15) is 11.5 Å². The molecule has 152 valence electrons. The second kappa shape index (κ2) is 8.39. The Morgan fingerprint density at radius 2 is 1.97 bits per heavy atom. The molecule has 3 aromatic heterocycles. The number of aromatic amines is 1. The first-order chi connectivity index (χ1) is 13.7. The molecule has 0 aromatic carbocycles. The van der Waals surface area contributed by atoms with Gasteiger partial charge in [-0.25, -0.2) is 9.78 Å². The van der Waals surface area contributed by atoms with Crippen LogP contribution in [0.2, 0.25) is 0 Å². The first-order valence-electron chi connectivity index (χ1n) is 9.04. The summed E-state index contributed by atoms with van der Waals surface area (Å²) in [6, 6.07) is 4.94. The van der Waals surface area contributed by atoms with Crippen LogP contribution in [0.4, 0.5) is 15.7 Å². The number of nitrogens with zero attached hydrogens (tertiary/aromatic N) is 3. The molecule has 0 fully saturated rings. The Morgan fingerprint density at radius 3 is 2.66 bits per heavy atom. The predicted molar refractivity (Wildman–Crippen MR) is 112 cm³/mol. The van der Waals surface area contributed by atoms with Crippen molar-refractivity contribution in [3.8, 4) is 0 Å². The average molecular weight is 414 g/mol. The van der Waals surface area contributed by atoms with Crippen LogP contribution in [0.25, 0.3) is 0 Å². The second-order valence-corrected chi connectivity index (χ2v) is 8.66. The van der Waals surface area contributed by atoms with Gasteiger partial charge in [-0.2, -0.15) is 5.10 Å². The Bertz CT molecular complexity index is 1020. The highest BCUT2D eigenvalue weighted by Crippen LogP contribution is 2.23. The fourth-order valence-electron chi connectivity index (χ4n) is 2.53. The summed E-state index contributed by atoms with van der Waals surface area (Å²) in [6.45, 7) is 6.14. The molecule has 10 heteroatoms. The van der Waals surface area contributed by atoms with E-state index < -0.39 is 11.9 Å². The van der Waals surface area contributed by atoms with E-state index in [1.54, 1.807) is 18.5 Å². The number of aromatic nitrogens is 4. The van der Waals surface area contributed by atoms with E-state index in [1.165, 1.54) is 11.3 Å². The van der Waals surface area contributed by atoms with Crippen LogP contribution in [0.1, 0.15) is 47.4 Å². The number of hydrogen-bond donors (Lipinski definition) is 4. The lowest BCUT2D eigenvalue weighted by Gasteiger charge is -2.13. The molecule has 0 saturated heterocycles. The molecule has 3 rings (SSSR count). The lowest BCUT2D eigenvalue weighted by Crippen LogP contribution is -2.19. The van der Waals surface area contributed by atoms with E-state index in [9.17, 15) is 9.59 Å². The number of carbonyl (C=O) groups is 2. The molecular weight excluding hydrogens is 390 g/mol. The maximum Gasteiger partial charge on any atom is 0.326 e. The zero-order valence-electron chi connectivity index (χ0n) is 16.4. The van der Waals surface area contributed by atoms with Crippen molar-refractivity contribution in [2.45, 2.75) is 39.0 Å². The fraction of sp³-hybridized carbons (Fsp3) is 0.316. The first-order valence-corrected chi connectivity index (χ1v) is 9.85. The predicted octanol–water partition coefficient (Wildman–Crippen LogP) is 3.09. The number of pyridine rings is 1. The van der Waals surface area contributed by atoms with Crippen LogP contribution in [-0.4, -0.2) is 32.1 Å². The molecule has 0 aliphatic heterocycles. The Kier molecular flexibility index (Phi) is 5.92. The van der Waals surface area contributed by atoms with E-state index in [-0.39, 0.29) is 11.1 Å². The number of nitrogens with two attached hydrogens (primary N) is 1. The Morgan fingerprint density at radius 1 is 1.17 bits per heavy atom. The largest absolute Gasteiger partial charge is 0.364 e. The zero-order chi connectivity index (χ0) is 21.0. The molecule has 0 aliphatic rings. The SMILES string of the molecule is CC(C)(C)c1cc(NC(=O)Nc2ncc(CCc3ccnc(C(N)=O)c3)s2)[nH]n1. The van der Waals surface area contributed by atoms with E-state index in [0.717, 1.165) is 22.6 Å². The minimum atomic E-state index is -0.547. The van der Waals surface area contributed by atoms with Crippen molar-refractivity contribution in [3.05, 3.63) is 52.4 Å². The quantitative estimate of drug-likeness (QED) is 0.492. The van der Waals surface area contributed by atoms with E-state index >= 15 is 0 Å². The van der Waals surface area contributed by atoms with Crippen LogP contribution in [0.3, 0.4) is 0 Å². The number of H-pyrrole nitrogens is 1. The molecule has 0 spiro atoms. The van der Waals surface area contributed by atoms with E-state index in [1.807, 2.05) is 32.9 Å². The van der Waals surface area contributed by atoms with Crippen LogP contribution in [0.5, 0.6) is 0 Å². The number of rotatable bonds is 6. The van der Waals surface area contributed by atoms with Gasteiger partial charge in [-0.15, -0.1) is 11.3 Å². The van der Waals surface area contributed by atoms with Crippen molar-refractivity contribution in [1.82, 2.24) is 20.2 Å². The third-order valence-corrected chi connectivity index (χ3v) is 5.08. The number of thiazole rings is 1. The van der Waals surface area contributed by atoms with E-state index in [0.29, 0.717) is 17.4 Å². The number of aryl methyl sites for hydroxylation is 2. The van der Waals surface area contributed by atoms with Gasteiger partial charge in [0.2, 0.25) is 0 Å². The molecule has 0 radical (unpaired) electrons. The molecular formula is C19H23N7O2S. The van der Waals surface area contributed by atoms with Crippen LogP contribution in [0, 0.1) is 0 Å². The third kappa shape index (κ3) is 5.61. The molecule has 3 amide bonds. The Labute approximate surface area is 172 Å². The van der Waals surface area contributed by atoms with E-state index in [4.69, 9.17) is 5.73 Å². The van der Waals surface area contributed by atoms with Gasteiger partial charge in [0.25, 0.3) is 5.91 Å². The molecule has 0 aliphatic carbocycles. The highest BCUT2D eigenvalue weighted by atomic mass is 32.1. The average Bonchev–Trinajstić information content (AvgIpc) is 3.29. The zero-order valence-corrected chi connectivity index (χ0v) is 17.3. The summed E-state index contributed by atoms with van der Waals surface area (Å²) in [5.74, 6) is -0.0267. The normalized spacial score (nSPS) is 11.3. The Balaban J connectivity index is 1.53. The summed E-state index contributed by atoms with van der Waals surface area (Å²) in [7, 11) is 0. The van der Waals surface area contributed by atoms with Gasteiger partial charge in [-0.1, -0.05) is 20.8 Å². The third-order valence-electron chi connectivity index (χ3n) is 4.11. The number of carbonyl (C=O) groups excluding carboxylic acids is 2. The minimum Gasteiger partial charge on any atom is -0.364 e. The molecule has 5 N–H and O–H groups in total. The minimum absolute atomic E-state index is 0.107. The molecule has 3 aromatic rings. The number of amides is 3. The number of anilines is 2. The summed E-state index contributed by atoms with van der Waals surface area (Å²) in [4.78, 5) is 32.6. The van der Waals surface area contributed by atoms with Gasteiger partial charge in [0.15, 0.2) is 5.13 Å². The standard InChI is InChI=1S/C19H23N7O2S/c1-19(2,3)14-9-15(26-25-14)23-17(28)24-18-22-10-12(29-18)5-4-11-6-7-21-13(8-11)16(20)27/h6-10H,4-5H2,1-3H3,(H2,20,27)(H3,22,23,24,25,26,28). The van der Waals surface area contributed by atoms with Crippen molar-refractivity contribution in [2.24, 2.45) is 5.73 Å². The van der Waals surface area contributed by atoms with Crippen LogP contribution < -0.4 is 16.4 Å². The van der Waals surface area contributed by atoms with Gasteiger partial charge >= 0.3 is 6.03 Å². The molecule has 0 bridgehead atoms. The molecule has 9 nitrogen and oxygen atoms in total. The van der Waals surface area contributed by atoms with Gasteiger partial charge in [0.05, 0.1) is 5.69 Å². The topological polar surface area (TPSA) is 139 Å². The molecule has 0 atom stereocenters. The van der Waals surface area contributed by atoms with Crippen LogP contribution in [0.15, 0.2) is 30.6 Å². The van der Waals surface area contributed by atoms with Crippen molar-refractivity contribution >= 4 is 34.2 Å². The second-order valence-electron chi connectivity index (χ2n) is 7.54.